The van der Waals surface area contributed by atoms with Crippen LogP contribution >= 0.6 is 0 Å². The largest absolute Gasteiger partial charge is 0.384 e. The number of nitrogen functional groups attached to an aromatic ring is 1. The summed E-state index contributed by atoms with van der Waals surface area (Å²) in [7, 11) is -3.57. The summed E-state index contributed by atoms with van der Waals surface area (Å²) in [6.45, 7) is 3.02. The van der Waals surface area contributed by atoms with E-state index in [2.05, 4.69) is 9.71 Å². The van der Waals surface area contributed by atoms with E-state index in [1.807, 2.05) is 6.92 Å². The van der Waals surface area contributed by atoms with Crippen molar-refractivity contribution in [2.45, 2.75) is 30.2 Å². The van der Waals surface area contributed by atoms with E-state index in [-0.39, 0.29) is 10.7 Å². The zero-order valence-electron chi connectivity index (χ0n) is 10.2. The van der Waals surface area contributed by atoms with Crippen molar-refractivity contribution < 1.29 is 13.2 Å². The predicted molar refractivity (Wildman–Crippen MR) is 67.4 cm³/mol. The molecule has 0 bridgehead atoms. The fraction of sp³-hybridized carbons (Fsp3) is 0.545. The topological polar surface area (TPSA) is 94.3 Å². The molecule has 0 aliphatic carbocycles. The van der Waals surface area contributed by atoms with Crippen LogP contribution in [0.1, 0.15) is 19.8 Å². The minimum absolute atomic E-state index is 0.141. The van der Waals surface area contributed by atoms with E-state index in [4.69, 9.17) is 10.5 Å². The molecule has 1 aliphatic heterocycles. The van der Waals surface area contributed by atoms with Crippen LogP contribution in [0.5, 0.6) is 0 Å². The molecule has 0 aromatic carbocycles. The summed E-state index contributed by atoms with van der Waals surface area (Å²) in [6.07, 6.45) is 2.70. The Balaban J connectivity index is 2.21. The van der Waals surface area contributed by atoms with Gasteiger partial charge in [-0.05, 0) is 25.8 Å². The monoisotopic (exact) mass is 271 g/mol. The number of anilines is 1. The lowest BCUT2D eigenvalue weighted by Crippen LogP contribution is -2.49. The van der Waals surface area contributed by atoms with E-state index >= 15 is 0 Å². The summed E-state index contributed by atoms with van der Waals surface area (Å²) in [5, 5.41) is 0. The van der Waals surface area contributed by atoms with Crippen LogP contribution in [0.4, 0.5) is 5.82 Å². The van der Waals surface area contributed by atoms with E-state index in [0.717, 1.165) is 0 Å². The van der Waals surface area contributed by atoms with Crippen LogP contribution in [0.25, 0.3) is 0 Å². The molecule has 6 nitrogen and oxygen atoms in total. The number of hydrogen-bond donors (Lipinski definition) is 2. The highest BCUT2D eigenvalue weighted by Crippen LogP contribution is 2.23. The first-order valence-corrected chi connectivity index (χ1v) is 7.23. The Morgan fingerprint density at radius 2 is 2.11 bits per heavy atom. The number of nitrogens with one attached hydrogen (secondary N) is 1. The maximum absolute atomic E-state index is 12.2. The molecule has 3 N–H and O–H groups in total. The lowest BCUT2D eigenvalue weighted by molar-refractivity contribution is 0.0537. The molecule has 1 aromatic rings. The van der Waals surface area contributed by atoms with Crippen molar-refractivity contribution in [3.63, 3.8) is 0 Å². The maximum Gasteiger partial charge on any atom is 0.241 e. The zero-order chi connectivity index (χ0) is 13.2. The molecule has 0 amide bonds. The number of sulfonamides is 1. The Bertz CT molecular complexity index is 524. The zero-order valence-corrected chi connectivity index (χ0v) is 11.0. The quantitative estimate of drug-likeness (QED) is 0.835. The molecule has 0 atom stereocenters. The highest BCUT2D eigenvalue weighted by molar-refractivity contribution is 7.89. The van der Waals surface area contributed by atoms with Crippen molar-refractivity contribution in [1.29, 1.82) is 0 Å². The molecule has 100 valence electrons. The fourth-order valence-electron chi connectivity index (χ4n) is 1.90. The van der Waals surface area contributed by atoms with Crippen molar-refractivity contribution in [3.05, 3.63) is 18.3 Å². The van der Waals surface area contributed by atoms with Crippen LogP contribution in [0.2, 0.25) is 0 Å². The number of aromatic nitrogens is 1. The van der Waals surface area contributed by atoms with E-state index < -0.39 is 15.6 Å². The molecule has 1 saturated heterocycles. The van der Waals surface area contributed by atoms with Crippen molar-refractivity contribution in [2.75, 3.05) is 18.9 Å². The molecule has 1 aliphatic rings. The van der Waals surface area contributed by atoms with Gasteiger partial charge in [0.1, 0.15) is 5.82 Å². The average molecular weight is 271 g/mol. The third kappa shape index (κ3) is 2.98. The average Bonchev–Trinajstić information content (AvgIpc) is 2.28. The SMILES string of the molecule is CC1(NS(=O)(=O)c2ccnc(N)c2)CCOCC1. The van der Waals surface area contributed by atoms with Crippen LogP contribution < -0.4 is 10.5 Å². The van der Waals surface area contributed by atoms with Gasteiger partial charge in [0.25, 0.3) is 0 Å². The van der Waals surface area contributed by atoms with Gasteiger partial charge in [0.05, 0.1) is 4.90 Å². The van der Waals surface area contributed by atoms with Crippen molar-refractivity contribution >= 4 is 15.8 Å². The molecular formula is C11H17N3O3S. The van der Waals surface area contributed by atoms with E-state index in [1.54, 1.807) is 0 Å². The number of hydrogen-bond acceptors (Lipinski definition) is 5. The van der Waals surface area contributed by atoms with Gasteiger partial charge in [0.2, 0.25) is 10.0 Å². The number of rotatable bonds is 3. The highest BCUT2D eigenvalue weighted by Gasteiger charge is 2.32. The van der Waals surface area contributed by atoms with Gasteiger partial charge < -0.3 is 10.5 Å². The summed E-state index contributed by atoms with van der Waals surface area (Å²) in [6, 6.07) is 2.78. The molecular weight excluding hydrogens is 254 g/mol. The van der Waals surface area contributed by atoms with Gasteiger partial charge in [-0.1, -0.05) is 0 Å². The lowest BCUT2D eigenvalue weighted by atomic mass is 9.94. The first kappa shape index (κ1) is 13.3. The Kier molecular flexibility index (Phi) is 3.56. The van der Waals surface area contributed by atoms with Gasteiger partial charge in [-0.15, -0.1) is 0 Å². The van der Waals surface area contributed by atoms with E-state index in [1.165, 1.54) is 18.3 Å². The van der Waals surface area contributed by atoms with Crippen LogP contribution in [0.3, 0.4) is 0 Å². The summed E-state index contributed by atoms with van der Waals surface area (Å²) in [5.74, 6) is 0.190. The van der Waals surface area contributed by atoms with Crippen molar-refractivity contribution in [1.82, 2.24) is 9.71 Å². The second-order valence-electron chi connectivity index (χ2n) is 4.69. The highest BCUT2D eigenvalue weighted by atomic mass is 32.2. The molecule has 1 fully saturated rings. The molecule has 0 radical (unpaired) electrons. The summed E-state index contributed by atoms with van der Waals surface area (Å²) in [4.78, 5) is 3.92. The molecule has 7 heteroatoms. The molecule has 2 rings (SSSR count). The van der Waals surface area contributed by atoms with Crippen LogP contribution in [0.15, 0.2) is 23.2 Å². The second-order valence-corrected chi connectivity index (χ2v) is 6.38. The fourth-order valence-corrected chi connectivity index (χ4v) is 3.39. The number of pyridine rings is 1. The smallest absolute Gasteiger partial charge is 0.241 e. The third-order valence-electron chi connectivity index (χ3n) is 3.04. The van der Waals surface area contributed by atoms with Crippen LogP contribution in [0, 0.1) is 0 Å². The van der Waals surface area contributed by atoms with E-state index in [9.17, 15) is 8.42 Å². The minimum Gasteiger partial charge on any atom is -0.384 e. The molecule has 2 heterocycles. The molecule has 18 heavy (non-hydrogen) atoms. The summed E-state index contributed by atoms with van der Waals surface area (Å²) >= 11 is 0. The van der Waals surface area contributed by atoms with E-state index in [0.29, 0.717) is 26.1 Å². The van der Waals surface area contributed by atoms with Gasteiger partial charge in [-0.3, -0.25) is 0 Å². The maximum atomic E-state index is 12.2. The summed E-state index contributed by atoms with van der Waals surface area (Å²) in [5.41, 5.74) is 5.03. The first-order chi connectivity index (χ1) is 8.41. The predicted octanol–water partition coefficient (Wildman–Crippen LogP) is 0.511. The number of ether oxygens (including phenoxy) is 1. The Morgan fingerprint density at radius 1 is 1.44 bits per heavy atom. The Labute approximate surface area is 107 Å². The van der Waals surface area contributed by atoms with Crippen LogP contribution in [-0.4, -0.2) is 32.2 Å². The number of nitrogens with two attached hydrogens (primary N) is 1. The molecule has 0 saturated carbocycles. The normalized spacial score (nSPS) is 19.6. The Hall–Kier alpha value is -1.18. The number of nitrogens with zero attached hydrogens (tertiary/aromatic N) is 1. The second kappa shape index (κ2) is 4.83. The van der Waals surface area contributed by atoms with Gasteiger partial charge >= 0.3 is 0 Å². The first-order valence-electron chi connectivity index (χ1n) is 5.75. The van der Waals surface area contributed by atoms with Crippen molar-refractivity contribution in [3.8, 4) is 0 Å². The van der Waals surface area contributed by atoms with Crippen molar-refractivity contribution in [2.24, 2.45) is 0 Å². The third-order valence-corrected chi connectivity index (χ3v) is 4.68. The van der Waals surface area contributed by atoms with Gasteiger partial charge in [-0.25, -0.2) is 18.1 Å². The molecule has 0 spiro atoms. The molecule has 1 aromatic heterocycles. The molecule has 0 unspecified atom stereocenters. The minimum atomic E-state index is -3.57. The lowest BCUT2D eigenvalue weighted by Gasteiger charge is -2.33. The van der Waals surface area contributed by atoms with Crippen LogP contribution in [-0.2, 0) is 14.8 Å². The van der Waals surface area contributed by atoms with Gasteiger partial charge in [0, 0.05) is 31.0 Å². The van der Waals surface area contributed by atoms with Gasteiger partial charge in [-0.2, -0.15) is 0 Å². The summed E-state index contributed by atoms with van der Waals surface area (Å²) < 4.78 is 32.4. The standard InChI is InChI=1S/C11H17N3O3S/c1-11(3-6-17-7-4-11)14-18(15,16)9-2-5-13-10(12)8-9/h2,5,8,14H,3-4,6-7H2,1H3,(H2,12,13). The van der Waals surface area contributed by atoms with Gasteiger partial charge in [0.15, 0.2) is 0 Å². The Morgan fingerprint density at radius 3 is 2.72 bits per heavy atom.